The smallest absolute Gasteiger partial charge is 0.133 e. The van der Waals surface area contributed by atoms with E-state index in [1.807, 2.05) is 30.2 Å². The molecule has 1 aliphatic heterocycles. The second-order valence-corrected chi connectivity index (χ2v) is 8.13. The lowest BCUT2D eigenvalue weighted by Gasteiger charge is -2.22. The van der Waals surface area contributed by atoms with Gasteiger partial charge in [0.2, 0.25) is 0 Å². The molecule has 0 spiro atoms. The molecule has 0 radical (unpaired) electrons. The van der Waals surface area contributed by atoms with Gasteiger partial charge >= 0.3 is 0 Å². The minimum absolute atomic E-state index is 0.139. The van der Waals surface area contributed by atoms with E-state index in [1.54, 1.807) is 11.3 Å². The maximum atomic E-state index is 9.05. The highest BCUT2D eigenvalue weighted by atomic mass is 35.5. The molecule has 1 aromatic carbocycles. The zero-order valence-corrected chi connectivity index (χ0v) is 17.0. The number of benzene rings is 1. The third-order valence-corrected chi connectivity index (χ3v) is 6.41. The summed E-state index contributed by atoms with van der Waals surface area (Å²) in [6, 6.07) is 1.96. The SMILES string of the molecule is CN1CCc2c(sc3c(Cl)c(Cl)cc(-c4cn(C)cn4)c23)C1.NCC=O. The number of fused-ring (bicyclic) bond motifs is 3. The lowest BCUT2D eigenvalue weighted by atomic mass is 9.98. The molecule has 138 valence electrons. The summed E-state index contributed by atoms with van der Waals surface area (Å²) in [7, 11) is 4.13. The Balaban J connectivity index is 0.000000447. The number of carbonyl (C=O) groups excluding carboxylic acids is 1. The first kappa shape index (κ1) is 19.3. The molecule has 2 aromatic heterocycles. The predicted octanol–water partition coefficient (Wildman–Crippen LogP) is 3.74. The number of hydrogen-bond acceptors (Lipinski definition) is 5. The van der Waals surface area contributed by atoms with Gasteiger partial charge in [-0.1, -0.05) is 23.2 Å². The normalized spacial score (nSPS) is 14.0. The summed E-state index contributed by atoms with van der Waals surface area (Å²) in [5.41, 5.74) is 8.11. The van der Waals surface area contributed by atoms with E-state index in [0.717, 1.165) is 35.5 Å². The second-order valence-electron chi connectivity index (χ2n) is 6.24. The molecule has 4 rings (SSSR count). The molecular formula is C18H20Cl2N4OS. The Morgan fingerprint density at radius 2 is 2.12 bits per heavy atom. The standard InChI is InChI=1S/C16H15Cl2N3S.C2H5NO/c1-20-4-3-9-13(7-20)22-16-14(9)10(5-11(17)15(16)18)12-6-21(2)8-19-12;3-1-2-4/h5-6,8H,3-4,7H2,1-2H3;2H,1,3H2. The molecule has 26 heavy (non-hydrogen) atoms. The minimum Gasteiger partial charge on any atom is -0.340 e. The van der Waals surface area contributed by atoms with Crippen molar-refractivity contribution in [1.82, 2.24) is 14.5 Å². The van der Waals surface area contributed by atoms with Crippen LogP contribution in [0.1, 0.15) is 10.4 Å². The van der Waals surface area contributed by atoms with E-state index in [0.29, 0.717) is 16.3 Å². The summed E-state index contributed by atoms with van der Waals surface area (Å²) < 4.78 is 3.05. The fourth-order valence-corrected chi connectivity index (χ4v) is 5.01. The molecular weight excluding hydrogens is 391 g/mol. The zero-order valence-electron chi connectivity index (χ0n) is 14.6. The fourth-order valence-electron chi connectivity index (χ4n) is 3.10. The van der Waals surface area contributed by atoms with Crippen molar-refractivity contribution in [3.63, 3.8) is 0 Å². The topological polar surface area (TPSA) is 64.2 Å². The number of aryl methyl sites for hydroxylation is 1. The molecule has 0 bridgehead atoms. The first-order valence-electron chi connectivity index (χ1n) is 8.19. The van der Waals surface area contributed by atoms with E-state index >= 15 is 0 Å². The number of aromatic nitrogens is 2. The molecule has 0 unspecified atom stereocenters. The van der Waals surface area contributed by atoms with Gasteiger partial charge in [0.1, 0.15) is 6.29 Å². The van der Waals surface area contributed by atoms with Gasteiger partial charge in [-0.2, -0.15) is 0 Å². The van der Waals surface area contributed by atoms with Gasteiger partial charge in [-0.25, -0.2) is 4.98 Å². The molecule has 0 saturated carbocycles. The number of hydrogen-bond donors (Lipinski definition) is 1. The molecule has 2 N–H and O–H groups in total. The number of nitrogens with zero attached hydrogens (tertiary/aromatic N) is 3. The Kier molecular flexibility index (Phi) is 5.99. The molecule has 0 fully saturated rings. The molecule has 8 heteroatoms. The van der Waals surface area contributed by atoms with Crippen molar-refractivity contribution in [1.29, 1.82) is 0 Å². The molecule has 1 aliphatic rings. The van der Waals surface area contributed by atoms with E-state index in [1.165, 1.54) is 15.8 Å². The van der Waals surface area contributed by atoms with Crippen LogP contribution in [0.2, 0.25) is 10.0 Å². The van der Waals surface area contributed by atoms with E-state index < -0.39 is 0 Å². The average molecular weight is 411 g/mol. The lowest BCUT2D eigenvalue weighted by molar-refractivity contribution is -0.106. The van der Waals surface area contributed by atoms with Crippen molar-refractivity contribution in [2.24, 2.45) is 12.8 Å². The minimum atomic E-state index is 0.139. The Morgan fingerprint density at radius 1 is 1.38 bits per heavy atom. The van der Waals surface area contributed by atoms with Gasteiger partial charge in [0.05, 0.1) is 26.8 Å². The maximum Gasteiger partial charge on any atom is 0.133 e. The number of imidazole rings is 1. The molecule has 5 nitrogen and oxygen atoms in total. The second kappa shape index (κ2) is 8.06. The molecule has 3 heterocycles. The Hall–Kier alpha value is -1.44. The van der Waals surface area contributed by atoms with E-state index in [9.17, 15) is 0 Å². The van der Waals surface area contributed by atoms with Crippen LogP contribution in [0.15, 0.2) is 18.6 Å². The van der Waals surface area contributed by atoms with E-state index in [4.69, 9.17) is 28.0 Å². The Morgan fingerprint density at radius 3 is 2.73 bits per heavy atom. The van der Waals surface area contributed by atoms with Crippen molar-refractivity contribution < 1.29 is 4.79 Å². The van der Waals surface area contributed by atoms with Crippen molar-refractivity contribution in [3.8, 4) is 11.3 Å². The van der Waals surface area contributed by atoms with Crippen LogP contribution in [0.4, 0.5) is 0 Å². The van der Waals surface area contributed by atoms with E-state index in [2.05, 4.69) is 22.7 Å². The number of halogens is 2. The summed E-state index contributed by atoms with van der Waals surface area (Å²) in [6.07, 6.45) is 5.54. The number of likely N-dealkylation sites (N-methyl/N-ethyl adjacent to an activating group) is 1. The van der Waals surface area contributed by atoms with Gasteiger partial charge in [0.15, 0.2) is 0 Å². The van der Waals surface area contributed by atoms with Gasteiger partial charge in [0.25, 0.3) is 0 Å². The highest BCUT2D eigenvalue weighted by molar-refractivity contribution is 7.20. The molecule has 0 saturated heterocycles. The van der Waals surface area contributed by atoms with Crippen LogP contribution in [0, 0.1) is 0 Å². The van der Waals surface area contributed by atoms with Crippen LogP contribution < -0.4 is 5.73 Å². The maximum absolute atomic E-state index is 9.05. The van der Waals surface area contributed by atoms with Crippen LogP contribution in [0.3, 0.4) is 0 Å². The molecule has 0 aliphatic carbocycles. The lowest BCUT2D eigenvalue weighted by Crippen LogP contribution is -2.25. The van der Waals surface area contributed by atoms with Crippen LogP contribution in [-0.2, 0) is 24.8 Å². The third kappa shape index (κ3) is 3.66. The van der Waals surface area contributed by atoms with Gasteiger partial charge in [-0.3, -0.25) is 0 Å². The number of thiophene rings is 1. The molecule has 0 atom stereocenters. The quantitative estimate of drug-likeness (QED) is 0.653. The van der Waals surface area contributed by atoms with Crippen molar-refractivity contribution in [2.45, 2.75) is 13.0 Å². The monoisotopic (exact) mass is 410 g/mol. The Bertz CT molecular complexity index is 950. The van der Waals surface area contributed by atoms with Gasteiger partial charge < -0.3 is 20.0 Å². The predicted molar refractivity (Wildman–Crippen MR) is 109 cm³/mol. The van der Waals surface area contributed by atoms with Gasteiger partial charge in [-0.05, 0) is 25.1 Å². The van der Waals surface area contributed by atoms with Crippen LogP contribution in [0.25, 0.3) is 21.3 Å². The molecule has 3 aromatic rings. The summed E-state index contributed by atoms with van der Waals surface area (Å²) in [5, 5.41) is 2.50. The third-order valence-electron chi connectivity index (χ3n) is 4.27. The first-order chi connectivity index (χ1) is 12.5. The highest BCUT2D eigenvalue weighted by Crippen LogP contribution is 2.46. The molecule has 0 amide bonds. The number of aldehydes is 1. The highest BCUT2D eigenvalue weighted by Gasteiger charge is 2.24. The summed E-state index contributed by atoms with van der Waals surface area (Å²) in [4.78, 5) is 17.3. The number of carbonyl (C=O) groups is 1. The fraction of sp³-hybridized carbons (Fsp3) is 0.333. The summed E-state index contributed by atoms with van der Waals surface area (Å²) in [6.45, 7) is 2.19. The van der Waals surface area contributed by atoms with E-state index in [-0.39, 0.29) is 6.54 Å². The zero-order chi connectivity index (χ0) is 18.8. The largest absolute Gasteiger partial charge is 0.340 e. The van der Waals surface area contributed by atoms with Crippen LogP contribution in [-0.4, -0.2) is 40.9 Å². The van der Waals surface area contributed by atoms with Crippen molar-refractivity contribution in [2.75, 3.05) is 20.1 Å². The Labute approximate surface area is 166 Å². The summed E-state index contributed by atoms with van der Waals surface area (Å²) in [5.74, 6) is 0. The average Bonchev–Trinajstić information content (AvgIpc) is 3.22. The number of rotatable bonds is 2. The summed E-state index contributed by atoms with van der Waals surface area (Å²) >= 11 is 14.6. The van der Waals surface area contributed by atoms with Crippen LogP contribution in [0.5, 0.6) is 0 Å². The first-order valence-corrected chi connectivity index (χ1v) is 9.76. The van der Waals surface area contributed by atoms with Crippen molar-refractivity contribution in [3.05, 3.63) is 39.1 Å². The van der Waals surface area contributed by atoms with Crippen LogP contribution >= 0.6 is 34.5 Å². The van der Waals surface area contributed by atoms with Crippen molar-refractivity contribution >= 4 is 50.9 Å². The van der Waals surface area contributed by atoms with Gasteiger partial charge in [0, 0.05) is 48.7 Å². The number of nitrogens with two attached hydrogens (primary N) is 1. The van der Waals surface area contributed by atoms with Gasteiger partial charge in [-0.15, -0.1) is 11.3 Å².